The fourth-order valence-electron chi connectivity index (χ4n) is 3.59. The molecule has 5 rings (SSSR count). The lowest BCUT2D eigenvalue weighted by atomic mass is 10.3. The number of pyridine rings is 2. The van der Waals surface area contributed by atoms with Crippen molar-refractivity contribution in [3.63, 3.8) is 0 Å². The topological polar surface area (TPSA) is 104 Å². The van der Waals surface area contributed by atoms with Gasteiger partial charge in [0.15, 0.2) is 11.3 Å². The van der Waals surface area contributed by atoms with E-state index in [1.807, 2.05) is 26.1 Å². The molecule has 152 valence electrons. The number of nitrogens with zero attached hydrogens (tertiary/aromatic N) is 7. The molecule has 4 aromatic heterocycles. The van der Waals surface area contributed by atoms with Gasteiger partial charge in [0.2, 0.25) is 0 Å². The first-order valence-corrected chi connectivity index (χ1v) is 9.68. The van der Waals surface area contributed by atoms with Gasteiger partial charge in [-0.2, -0.15) is 10.2 Å². The van der Waals surface area contributed by atoms with E-state index in [0.717, 1.165) is 11.2 Å². The molecule has 0 saturated heterocycles. The molecule has 0 unspecified atom stereocenters. The van der Waals surface area contributed by atoms with Gasteiger partial charge in [0, 0.05) is 26.0 Å². The van der Waals surface area contributed by atoms with Gasteiger partial charge >= 0.3 is 11.7 Å². The Balaban J connectivity index is 1.54. The van der Waals surface area contributed by atoms with Crippen LogP contribution in [0.15, 0.2) is 59.7 Å². The van der Waals surface area contributed by atoms with Gasteiger partial charge in [-0.25, -0.2) is 19.3 Å². The Morgan fingerprint density at radius 3 is 2.65 bits per heavy atom. The molecule has 0 bridgehead atoms. The minimum atomic E-state index is -0.213. The van der Waals surface area contributed by atoms with Gasteiger partial charge in [-0.1, -0.05) is 0 Å². The Hall–Kier alpha value is -4.45. The maximum atomic E-state index is 13.0. The molecule has 0 saturated carbocycles. The number of hydrogen-bond donors (Lipinski definition) is 0. The van der Waals surface area contributed by atoms with Crippen LogP contribution in [-0.2, 0) is 13.6 Å². The molecule has 0 atom stereocenters. The van der Waals surface area contributed by atoms with Crippen molar-refractivity contribution in [3.8, 4) is 23.5 Å². The molecule has 31 heavy (non-hydrogen) atoms. The molecule has 0 aliphatic rings. The lowest BCUT2D eigenvalue weighted by Crippen LogP contribution is -2.22. The van der Waals surface area contributed by atoms with Crippen LogP contribution >= 0.6 is 0 Å². The van der Waals surface area contributed by atoms with Crippen LogP contribution in [0.25, 0.3) is 28.0 Å². The van der Waals surface area contributed by atoms with Crippen LogP contribution in [-0.4, -0.2) is 28.7 Å². The van der Waals surface area contributed by atoms with Gasteiger partial charge < -0.3 is 4.74 Å². The standard InChI is InChI=1S/C22H17N7O2/c1-3-28-18-11-14(12-23)13-25-20(18)29(22(28)30)15-6-8-16(9-7-15)31-21-26-17-5-4-10-24-19(17)27(21)2/h4-11,13H,3H2,1-2H3. The van der Waals surface area contributed by atoms with E-state index >= 15 is 0 Å². The maximum Gasteiger partial charge on any atom is 0.334 e. The Morgan fingerprint density at radius 2 is 1.94 bits per heavy atom. The Labute approximate surface area is 176 Å². The van der Waals surface area contributed by atoms with Crippen LogP contribution < -0.4 is 10.4 Å². The third-order valence-electron chi connectivity index (χ3n) is 5.11. The van der Waals surface area contributed by atoms with Gasteiger partial charge in [-0.15, -0.1) is 0 Å². The van der Waals surface area contributed by atoms with Gasteiger partial charge in [-0.05, 0) is 49.4 Å². The maximum absolute atomic E-state index is 13.0. The molecule has 0 spiro atoms. The van der Waals surface area contributed by atoms with Gasteiger partial charge in [0.05, 0.1) is 16.8 Å². The molecular weight excluding hydrogens is 394 g/mol. The molecule has 0 radical (unpaired) electrons. The van der Waals surface area contributed by atoms with E-state index in [0.29, 0.717) is 40.7 Å². The number of hydrogen-bond acceptors (Lipinski definition) is 6. The molecule has 0 aliphatic heterocycles. The molecule has 0 fully saturated rings. The molecular formula is C22H17N7O2. The highest BCUT2D eigenvalue weighted by molar-refractivity contribution is 5.75. The van der Waals surface area contributed by atoms with E-state index < -0.39 is 0 Å². The fourth-order valence-corrected chi connectivity index (χ4v) is 3.59. The minimum absolute atomic E-state index is 0.213. The molecule has 0 aliphatic carbocycles. The summed E-state index contributed by atoms with van der Waals surface area (Å²) in [6.45, 7) is 2.35. The largest absolute Gasteiger partial charge is 0.425 e. The summed E-state index contributed by atoms with van der Waals surface area (Å²) in [7, 11) is 1.84. The van der Waals surface area contributed by atoms with Gasteiger partial charge in [0.25, 0.3) is 0 Å². The third-order valence-corrected chi connectivity index (χ3v) is 5.11. The van der Waals surface area contributed by atoms with Crippen molar-refractivity contribution in [3.05, 3.63) is 70.9 Å². The van der Waals surface area contributed by atoms with Crippen molar-refractivity contribution < 1.29 is 4.74 Å². The monoisotopic (exact) mass is 411 g/mol. The zero-order valence-electron chi connectivity index (χ0n) is 16.9. The molecule has 5 aromatic rings. The SMILES string of the molecule is CCn1c(=O)n(-c2ccc(Oc3nc4cccnc4n3C)cc2)c2ncc(C#N)cc21. The highest BCUT2D eigenvalue weighted by Crippen LogP contribution is 2.25. The molecule has 1 aromatic carbocycles. The van der Waals surface area contributed by atoms with Crippen LogP contribution in [0.5, 0.6) is 11.8 Å². The summed E-state index contributed by atoms with van der Waals surface area (Å²) in [5.74, 6) is 0.578. The summed E-state index contributed by atoms with van der Waals surface area (Å²) < 4.78 is 10.8. The van der Waals surface area contributed by atoms with Crippen LogP contribution in [0.2, 0.25) is 0 Å². The lowest BCUT2D eigenvalue weighted by Gasteiger charge is -2.07. The Kier molecular flexibility index (Phi) is 4.26. The number of imidazole rings is 2. The molecule has 9 heteroatoms. The van der Waals surface area contributed by atoms with Gasteiger partial charge in [0.1, 0.15) is 17.3 Å². The number of ether oxygens (including phenoxy) is 1. The first-order valence-electron chi connectivity index (χ1n) is 9.68. The van der Waals surface area contributed by atoms with Crippen LogP contribution in [0.3, 0.4) is 0 Å². The fraction of sp³-hybridized carbons (Fsp3) is 0.136. The molecule has 0 N–H and O–H groups in total. The average molecular weight is 411 g/mol. The van der Waals surface area contributed by atoms with Crippen LogP contribution in [0, 0.1) is 11.3 Å². The first kappa shape index (κ1) is 18.6. The minimum Gasteiger partial charge on any atom is -0.425 e. The highest BCUT2D eigenvalue weighted by atomic mass is 16.5. The predicted octanol–water partition coefficient (Wildman–Crippen LogP) is 3.15. The van der Waals surface area contributed by atoms with Crippen molar-refractivity contribution in [2.45, 2.75) is 13.5 Å². The number of benzene rings is 1. The van der Waals surface area contributed by atoms with Crippen molar-refractivity contribution >= 4 is 22.3 Å². The second kappa shape index (κ2) is 7.11. The quantitative estimate of drug-likeness (QED) is 0.450. The van der Waals surface area contributed by atoms with Crippen LogP contribution in [0.1, 0.15) is 12.5 Å². The summed E-state index contributed by atoms with van der Waals surface area (Å²) in [5.41, 5.74) is 3.45. The number of rotatable bonds is 4. The Morgan fingerprint density at radius 1 is 1.13 bits per heavy atom. The van der Waals surface area contributed by atoms with E-state index in [4.69, 9.17) is 10.00 Å². The zero-order chi connectivity index (χ0) is 21.5. The normalized spacial score (nSPS) is 11.1. The molecule has 0 amide bonds. The van der Waals surface area contributed by atoms with Crippen molar-refractivity contribution in [2.75, 3.05) is 0 Å². The summed E-state index contributed by atoms with van der Waals surface area (Å²) in [5, 5.41) is 9.16. The number of fused-ring (bicyclic) bond motifs is 2. The third kappa shape index (κ3) is 2.93. The van der Waals surface area contributed by atoms with E-state index in [1.165, 1.54) is 10.8 Å². The second-order valence-corrected chi connectivity index (χ2v) is 6.94. The van der Waals surface area contributed by atoms with Crippen molar-refractivity contribution in [1.82, 2.24) is 28.7 Å². The summed E-state index contributed by atoms with van der Waals surface area (Å²) in [6.07, 6.45) is 3.18. The van der Waals surface area contributed by atoms with E-state index in [2.05, 4.69) is 21.0 Å². The zero-order valence-corrected chi connectivity index (χ0v) is 16.9. The van der Waals surface area contributed by atoms with Gasteiger partial charge in [-0.3, -0.25) is 9.13 Å². The van der Waals surface area contributed by atoms with Crippen molar-refractivity contribution in [1.29, 1.82) is 5.26 Å². The number of aryl methyl sites for hydroxylation is 2. The highest BCUT2D eigenvalue weighted by Gasteiger charge is 2.16. The smallest absolute Gasteiger partial charge is 0.334 e. The summed E-state index contributed by atoms with van der Waals surface area (Å²) in [4.78, 5) is 26.1. The van der Waals surface area contributed by atoms with E-state index in [1.54, 1.807) is 45.7 Å². The Bertz CT molecular complexity index is 1530. The van der Waals surface area contributed by atoms with Crippen LogP contribution in [0.4, 0.5) is 0 Å². The summed E-state index contributed by atoms with van der Waals surface area (Å²) in [6, 6.07) is 15.0. The molecule has 9 nitrogen and oxygen atoms in total. The van der Waals surface area contributed by atoms with Crippen molar-refractivity contribution in [2.24, 2.45) is 7.05 Å². The molecule has 4 heterocycles. The average Bonchev–Trinajstić information content (AvgIpc) is 3.26. The van der Waals surface area contributed by atoms with E-state index in [-0.39, 0.29) is 5.69 Å². The lowest BCUT2D eigenvalue weighted by molar-refractivity contribution is 0.427. The number of aromatic nitrogens is 6. The first-order chi connectivity index (χ1) is 15.1. The second-order valence-electron chi connectivity index (χ2n) is 6.94. The summed E-state index contributed by atoms with van der Waals surface area (Å²) >= 11 is 0. The number of nitriles is 1. The predicted molar refractivity (Wildman–Crippen MR) is 114 cm³/mol. The van der Waals surface area contributed by atoms with E-state index in [9.17, 15) is 4.79 Å².